The van der Waals surface area contributed by atoms with Gasteiger partial charge in [0, 0.05) is 24.7 Å². The standard InChI is InChI=1S/C20H20N4O2/c1-13-12-24(18(13)15-7-4-3-5-8-15)20(25)22-17-10-6-9-16(11-17)19-21-14(2)26-23-19/h3-11,13,18H,12H2,1-2H3,(H,22,25)/t13-,18+/m1/s1. The van der Waals surface area contributed by atoms with Crippen LogP contribution in [0.5, 0.6) is 0 Å². The Balaban J connectivity index is 1.50. The number of aromatic nitrogens is 2. The van der Waals surface area contributed by atoms with Gasteiger partial charge in [-0.3, -0.25) is 0 Å². The highest BCUT2D eigenvalue weighted by atomic mass is 16.5. The molecule has 132 valence electrons. The lowest BCUT2D eigenvalue weighted by atomic mass is 9.85. The van der Waals surface area contributed by atoms with Crippen LogP contribution in [0.15, 0.2) is 59.1 Å². The number of aryl methyl sites for hydroxylation is 1. The van der Waals surface area contributed by atoms with Crippen molar-refractivity contribution in [3.63, 3.8) is 0 Å². The molecular weight excluding hydrogens is 328 g/mol. The van der Waals surface area contributed by atoms with E-state index in [4.69, 9.17) is 4.52 Å². The average molecular weight is 348 g/mol. The molecule has 0 radical (unpaired) electrons. The molecule has 2 heterocycles. The van der Waals surface area contributed by atoms with Crippen LogP contribution in [0.1, 0.15) is 24.4 Å². The Morgan fingerprint density at radius 3 is 2.69 bits per heavy atom. The monoisotopic (exact) mass is 348 g/mol. The van der Waals surface area contributed by atoms with Crippen molar-refractivity contribution < 1.29 is 9.32 Å². The molecule has 2 atom stereocenters. The van der Waals surface area contributed by atoms with Gasteiger partial charge in [0.05, 0.1) is 6.04 Å². The van der Waals surface area contributed by atoms with E-state index in [1.54, 1.807) is 6.92 Å². The molecule has 6 nitrogen and oxygen atoms in total. The molecule has 1 saturated heterocycles. The van der Waals surface area contributed by atoms with Gasteiger partial charge < -0.3 is 14.7 Å². The third kappa shape index (κ3) is 3.06. The van der Waals surface area contributed by atoms with Crippen molar-refractivity contribution in [1.29, 1.82) is 0 Å². The third-order valence-electron chi connectivity index (χ3n) is 4.66. The van der Waals surface area contributed by atoms with Crippen molar-refractivity contribution in [2.45, 2.75) is 19.9 Å². The quantitative estimate of drug-likeness (QED) is 0.767. The summed E-state index contributed by atoms with van der Waals surface area (Å²) in [4.78, 5) is 18.8. The van der Waals surface area contributed by atoms with E-state index in [0.717, 1.165) is 17.7 Å². The molecular formula is C20H20N4O2. The van der Waals surface area contributed by atoms with Crippen LogP contribution in [-0.2, 0) is 0 Å². The molecule has 0 spiro atoms. The van der Waals surface area contributed by atoms with Crippen LogP contribution in [0.2, 0.25) is 0 Å². The topological polar surface area (TPSA) is 71.3 Å². The number of carbonyl (C=O) groups excluding carboxylic acids is 1. The molecule has 4 rings (SSSR count). The second kappa shape index (κ2) is 6.63. The first kappa shape index (κ1) is 16.3. The van der Waals surface area contributed by atoms with E-state index < -0.39 is 0 Å². The molecule has 0 aliphatic carbocycles. The average Bonchev–Trinajstić information content (AvgIpc) is 3.07. The predicted molar refractivity (Wildman–Crippen MR) is 98.5 cm³/mol. The molecule has 2 aromatic carbocycles. The lowest BCUT2D eigenvalue weighted by Crippen LogP contribution is -2.53. The Labute approximate surface area is 151 Å². The van der Waals surface area contributed by atoms with E-state index in [1.165, 1.54) is 0 Å². The minimum atomic E-state index is -0.0987. The molecule has 1 aromatic heterocycles. The van der Waals surface area contributed by atoms with E-state index in [0.29, 0.717) is 23.3 Å². The van der Waals surface area contributed by atoms with E-state index in [1.807, 2.05) is 47.4 Å². The van der Waals surface area contributed by atoms with Gasteiger partial charge in [0.2, 0.25) is 11.7 Å². The fourth-order valence-electron chi connectivity index (χ4n) is 3.41. The zero-order valence-corrected chi connectivity index (χ0v) is 14.7. The first-order valence-corrected chi connectivity index (χ1v) is 8.65. The summed E-state index contributed by atoms with van der Waals surface area (Å²) in [6, 6.07) is 17.6. The Bertz CT molecular complexity index is 922. The van der Waals surface area contributed by atoms with E-state index in [9.17, 15) is 4.79 Å². The number of urea groups is 1. The van der Waals surface area contributed by atoms with E-state index in [-0.39, 0.29) is 12.1 Å². The van der Waals surface area contributed by atoms with Gasteiger partial charge in [-0.2, -0.15) is 4.98 Å². The van der Waals surface area contributed by atoms with Gasteiger partial charge in [0.15, 0.2) is 0 Å². The van der Waals surface area contributed by atoms with Crippen molar-refractivity contribution >= 4 is 11.7 Å². The van der Waals surface area contributed by atoms with Crippen LogP contribution >= 0.6 is 0 Å². The highest BCUT2D eigenvalue weighted by Crippen LogP contribution is 2.38. The van der Waals surface area contributed by atoms with Crippen LogP contribution in [0.3, 0.4) is 0 Å². The lowest BCUT2D eigenvalue weighted by molar-refractivity contribution is 0.0671. The van der Waals surface area contributed by atoms with Crippen molar-refractivity contribution in [3.05, 3.63) is 66.1 Å². The molecule has 2 amide bonds. The molecule has 3 aromatic rings. The number of likely N-dealkylation sites (tertiary alicyclic amines) is 1. The fourth-order valence-corrected chi connectivity index (χ4v) is 3.41. The first-order valence-electron chi connectivity index (χ1n) is 8.65. The minimum absolute atomic E-state index is 0.0987. The highest BCUT2D eigenvalue weighted by molar-refractivity contribution is 5.91. The van der Waals surface area contributed by atoms with Gasteiger partial charge in [0.1, 0.15) is 0 Å². The van der Waals surface area contributed by atoms with Gasteiger partial charge in [-0.25, -0.2) is 4.79 Å². The number of carbonyl (C=O) groups is 1. The smallest absolute Gasteiger partial charge is 0.322 e. The number of rotatable bonds is 3. The van der Waals surface area contributed by atoms with Crippen LogP contribution in [0.25, 0.3) is 11.4 Å². The number of nitrogens with one attached hydrogen (secondary N) is 1. The molecule has 1 N–H and O–H groups in total. The predicted octanol–water partition coefficient (Wildman–Crippen LogP) is 4.27. The molecule has 0 saturated carbocycles. The summed E-state index contributed by atoms with van der Waals surface area (Å²) in [5, 5.41) is 6.90. The molecule has 1 aliphatic heterocycles. The fraction of sp³-hybridized carbons (Fsp3) is 0.250. The van der Waals surface area contributed by atoms with E-state index in [2.05, 4.69) is 34.5 Å². The number of nitrogens with zero attached hydrogens (tertiary/aromatic N) is 3. The van der Waals surface area contributed by atoms with Gasteiger partial charge >= 0.3 is 6.03 Å². The summed E-state index contributed by atoms with van der Waals surface area (Å²) in [7, 11) is 0. The maximum Gasteiger partial charge on any atom is 0.322 e. The minimum Gasteiger partial charge on any atom is -0.339 e. The maximum atomic E-state index is 12.7. The third-order valence-corrected chi connectivity index (χ3v) is 4.66. The summed E-state index contributed by atoms with van der Waals surface area (Å²) in [5.74, 6) is 1.46. The van der Waals surface area contributed by atoms with Crippen LogP contribution in [0, 0.1) is 12.8 Å². The summed E-state index contributed by atoms with van der Waals surface area (Å²) < 4.78 is 5.02. The zero-order valence-electron chi connectivity index (χ0n) is 14.7. The van der Waals surface area contributed by atoms with Crippen molar-refractivity contribution in [3.8, 4) is 11.4 Å². The normalized spacial score (nSPS) is 19.1. The Morgan fingerprint density at radius 1 is 1.19 bits per heavy atom. The summed E-state index contributed by atoms with van der Waals surface area (Å²) in [5.41, 5.74) is 2.68. The molecule has 6 heteroatoms. The number of benzene rings is 2. The molecule has 26 heavy (non-hydrogen) atoms. The molecule has 1 fully saturated rings. The SMILES string of the molecule is Cc1nc(-c2cccc(NC(=O)N3C[C@@H](C)[C@H]3c3ccccc3)c2)no1. The number of anilines is 1. The van der Waals surface area contributed by atoms with Crippen LogP contribution < -0.4 is 5.32 Å². The Morgan fingerprint density at radius 2 is 2.00 bits per heavy atom. The van der Waals surface area contributed by atoms with Gasteiger partial charge in [-0.15, -0.1) is 0 Å². The van der Waals surface area contributed by atoms with E-state index >= 15 is 0 Å². The molecule has 0 bridgehead atoms. The van der Waals surface area contributed by atoms with Gasteiger partial charge in [0.25, 0.3) is 0 Å². The van der Waals surface area contributed by atoms with Crippen LogP contribution in [0.4, 0.5) is 10.5 Å². The van der Waals surface area contributed by atoms with Crippen LogP contribution in [-0.4, -0.2) is 27.6 Å². The zero-order chi connectivity index (χ0) is 18.1. The largest absolute Gasteiger partial charge is 0.339 e. The van der Waals surface area contributed by atoms with Gasteiger partial charge in [-0.05, 0) is 23.6 Å². The number of hydrogen-bond donors (Lipinski definition) is 1. The van der Waals surface area contributed by atoms with Crippen molar-refractivity contribution in [2.24, 2.45) is 5.92 Å². The lowest BCUT2D eigenvalue weighted by Gasteiger charge is -2.46. The summed E-state index contributed by atoms with van der Waals surface area (Å²) >= 11 is 0. The van der Waals surface area contributed by atoms with Crippen molar-refractivity contribution in [1.82, 2.24) is 15.0 Å². The number of amides is 2. The summed E-state index contributed by atoms with van der Waals surface area (Å²) in [6.45, 7) is 4.66. The first-order chi connectivity index (χ1) is 12.6. The summed E-state index contributed by atoms with van der Waals surface area (Å²) in [6.07, 6.45) is 0. The second-order valence-corrected chi connectivity index (χ2v) is 6.63. The van der Waals surface area contributed by atoms with Gasteiger partial charge in [-0.1, -0.05) is 54.5 Å². The van der Waals surface area contributed by atoms with Crippen molar-refractivity contribution in [2.75, 3.05) is 11.9 Å². The second-order valence-electron chi connectivity index (χ2n) is 6.63. The maximum absolute atomic E-state index is 12.7. The number of hydrogen-bond acceptors (Lipinski definition) is 4. The Kier molecular flexibility index (Phi) is 4.16. The highest BCUT2D eigenvalue weighted by Gasteiger charge is 2.39. The Hall–Kier alpha value is -3.15. The molecule has 0 unspecified atom stereocenters. The molecule has 1 aliphatic rings.